The standard InChI is InChI=1S/C27H20F2N2/c28-22-15-11-20(12-16-22)26(30-24-7-3-1-4-8-24)19-27(21-13-17-23(29)18-14-21)31-25-9-5-2-6-10-25/h1-19,30H/b26-19-,31-27?. The van der Waals surface area contributed by atoms with Crippen LogP contribution in [0.1, 0.15) is 11.1 Å². The van der Waals surface area contributed by atoms with Crippen LogP contribution >= 0.6 is 0 Å². The van der Waals surface area contributed by atoms with Gasteiger partial charge < -0.3 is 5.32 Å². The fraction of sp³-hybridized carbons (Fsp3) is 0. The van der Waals surface area contributed by atoms with Crippen molar-refractivity contribution in [3.05, 3.63) is 138 Å². The summed E-state index contributed by atoms with van der Waals surface area (Å²) in [5.41, 5.74) is 4.61. The molecule has 0 saturated heterocycles. The first-order valence-electron chi connectivity index (χ1n) is 9.87. The SMILES string of the molecule is Fc1ccc(C(/C=C(\Nc2ccccc2)c2ccc(F)cc2)=Nc2ccccc2)cc1. The molecule has 152 valence electrons. The van der Waals surface area contributed by atoms with Crippen LogP contribution in [0.5, 0.6) is 0 Å². The molecular weight excluding hydrogens is 390 g/mol. The van der Waals surface area contributed by atoms with Gasteiger partial charge in [-0.15, -0.1) is 0 Å². The second kappa shape index (κ2) is 9.63. The molecule has 0 radical (unpaired) electrons. The molecule has 2 nitrogen and oxygen atoms in total. The van der Waals surface area contributed by atoms with Gasteiger partial charge in [0.15, 0.2) is 0 Å². The average Bonchev–Trinajstić information content (AvgIpc) is 2.80. The normalized spacial score (nSPS) is 11.9. The molecule has 4 heteroatoms. The number of aliphatic imine (C=N–C) groups is 1. The van der Waals surface area contributed by atoms with Crippen molar-refractivity contribution in [1.29, 1.82) is 0 Å². The zero-order valence-electron chi connectivity index (χ0n) is 16.7. The monoisotopic (exact) mass is 410 g/mol. The molecule has 0 heterocycles. The number of para-hydroxylation sites is 2. The third kappa shape index (κ3) is 5.52. The third-order valence-corrected chi connectivity index (χ3v) is 4.63. The quantitative estimate of drug-likeness (QED) is 0.333. The number of anilines is 1. The van der Waals surface area contributed by atoms with Gasteiger partial charge in [0.25, 0.3) is 0 Å². The Morgan fingerprint density at radius 2 is 1.13 bits per heavy atom. The summed E-state index contributed by atoms with van der Waals surface area (Å²) in [7, 11) is 0. The number of halogens is 2. The molecule has 0 bridgehead atoms. The van der Waals surface area contributed by atoms with Crippen molar-refractivity contribution in [2.24, 2.45) is 4.99 Å². The van der Waals surface area contributed by atoms with Crippen LogP contribution in [0.2, 0.25) is 0 Å². The van der Waals surface area contributed by atoms with Crippen LogP contribution in [0.15, 0.2) is 120 Å². The van der Waals surface area contributed by atoms with Gasteiger partial charge in [0.05, 0.1) is 11.4 Å². The Balaban J connectivity index is 1.84. The lowest BCUT2D eigenvalue weighted by molar-refractivity contribution is 0.627. The van der Waals surface area contributed by atoms with Gasteiger partial charge >= 0.3 is 0 Å². The molecule has 4 rings (SSSR count). The van der Waals surface area contributed by atoms with Gasteiger partial charge in [-0.05, 0) is 84.4 Å². The predicted molar refractivity (Wildman–Crippen MR) is 123 cm³/mol. The Bertz CT molecular complexity index is 1180. The maximum Gasteiger partial charge on any atom is 0.123 e. The fourth-order valence-electron chi connectivity index (χ4n) is 3.08. The number of hydrogen-bond donors (Lipinski definition) is 1. The van der Waals surface area contributed by atoms with E-state index in [0.29, 0.717) is 5.71 Å². The van der Waals surface area contributed by atoms with Crippen LogP contribution in [0.3, 0.4) is 0 Å². The van der Waals surface area contributed by atoms with Crippen molar-refractivity contribution in [1.82, 2.24) is 0 Å². The predicted octanol–water partition coefficient (Wildman–Crippen LogP) is 7.24. The summed E-state index contributed by atoms with van der Waals surface area (Å²) in [4.78, 5) is 4.79. The zero-order valence-corrected chi connectivity index (χ0v) is 16.7. The van der Waals surface area contributed by atoms with Crippen LogP contribution in [-0.4, -0.2) is 5.71 Å². The van der Waals surface area contributed by atoms with E-state index in [2.05, 4.69) is 5.32 Å². The van der Waals surface area contributed by atoms with Crippen LogP contribution in [0, 0.1) is 11.6 Å². The Labute approximate surface area is 180 Å². The molecular formula is C27H20F2N2. The maximum atomic E-state index is 13.5. The highest BCUT2D eigenvalue weighted by molar-refractivity contribution is 6.14. The summed E-state index contributed by atoms with van der Waals surface area (Å²) < 4.78 is 27.1. The maximum absolute atomic E-state index is 13.5. The highest BCUT2D eigenvalue weighted by atomic mass is 19.1. The second-order valence-electron chi connectivity index (χ2n) is 6.90. The Morgan fingerprint density at radius 3 is 1.71 bits per heavy atom. The van der Waals surface area contributed by atoms with E-state index in [4.69, 9.17) is 4.99 Å². The lowest BCUT2D eigenvalue weighted by Gasteiger charge is -2.13. The molecule has 4 aromatic carbocycles. The first-order valence-corrected chi connectivity index (χ1v) is 9.87. The van der Waals surface area contributed by atoms with Crippen molar-refractivity contribution in [2.45, 2.75) is 0 Å². The van der Waals surface area contributed by atoms with Crippen LogP contribution < -0.4 is 5.32 Å². The minimum Gasteiger partial charge on any atom is -0.355 e. The molecule has 0 aliphatic rings. The molecule has 0 atom stereocenters. The van der Waals surface area contributed by atoms with Gasteiger partial charge in [-0.2, -0.15) is 0 Å². The van der Waals surface area contributed by atoms with Gasteiger partial charge in [-0.25, -0.2) is 13.8 Å². The minimum atomic E-state index is -0.312. The van der Waals surface area contributed by atoms with Crippen LogP contribution in [0.25, 0.3) is 5.70 Å². The van der Waals surface area contributed by atoms with E-state index in [1.807, 2.05) is 66.7 Å². The summed E-state index contributed by atoms with van der Waals surface area (Å²) in [6.07, 6.45) is 1.89. The summed E-state index contributed by atoms with van der Waals surface area (Å²) in [5, 5.41) is 3.40. The fourth-order valence-corrected chi connectivity index (χ4v) is 3.08. The number of allylic oxidation sites excluding steroid dienone is 1. The molecule has 1 N–H and O–H groups in total. The Kier molecular flexibility index (Phi) is 6.29. The molecule has 4 aromatic rings. The van der Waals surface area contributed by atoms with Gasteiger partial charge in [-0.1, -0.05) is 36.4 Å². The van der Waals surface area contributed by atoms with Crippen molar-refractivity contribution in [3.63, 3.8) is 0 Å². The van der Waals surface area contributed by atoms with Gasteiger partial charge in [0.1, 0.15) is 11.6 Å². The molecule has 0 fully saturated rings. The van der Waals surface area contributed by atoms with Crippen molar-refractivity contribution >= 4 is 22.8 Å². The summed E-state index contributed by atoms with van der Waals surface area (Å²) in [6.45, 7) is 0. The Hall–Kier alpha value is -4.05. The summed E-state index contributed by atoms with van der Waals surface area (Å²) >= 11 is 0. The lowest BCUT2D eigenvalue weighted by atomic mass is 10.0. The smallest absolute Gasteiger partial charge is 0.123 e. The third-order valence-electron chi connectivity index (χ3n) is 4.63. The van der Waals surface area contributed by atoms with E-state index in [1.54, 1.807) is 24.3 Å². The van der Waals surface area contributed by atoms with E-state index >= 15 is 0 Å². The highest BCUT2D eigenvalue weighted by Gasteiger charge is 2.08. The topological polar surface area (TPSA) is 24.4 Å². The van der Waals surface area contributed by atoms with Crippen molar-refractivity contribution < 1.29 is 8.78 Å². The molecule has 0 aliphatic carbocycles. The minimum absolute atomic E-state index is 0.306. The molecule has 0 spiro atoms. The summed E-state index contributed by atoms with van der Waals surface area (Å²) in [6, 6.07) is 31.7. The highest BCUT2D eigenvalue weighted by Crippen LogP contribution is 2.22. The number of nitrogens with zero attached hydrogens (tertiary/aromatic N) is 1. The molecule has 0 aromatic heterocycles. The van der Waals surface area contributed by atoms with Gasteiger partial charge in [0, 0.05) is 16.9 Å². The van der Waals surface area contributed by atoms with Crippen LogP contribution in [-0.2, 0) is 0 Å². The first-order chi connectivity index (χ1) is 15.2. The van der Waals surface area contributed by atoms with Gasteiger partial charge in [-0.3, -0.25) is 0 Å². The first kappa shape index (κ1) is 20.2. The van der Waals surface area contributed by atoms with E-state index in [1.165, 1.54) is 24.3 Å². The van der Waals surface area contributed by atoms with E-state index < -0.39 is 0 Å². The number of hydrogen-bond acceptors (Lipinski definition) is 2. The molecule has 0 saturated carbocycles. The summed E-state index contributed by atoms with van der Waals surface area (Å²) in [5.74, 6) is -0.618. The van der Waals surface area contributed by atoms with Crippen LogP contribution in [0.4, 0.5) is 20.2 Å². The van der Waals surface area contributed by atoms with E-state index in [9.17, 15) is 8.78 Å². The molecule has 31 heavy (non-hydrogen) atoms. The average molecular weight is 410 g/mol. The largest absolute Gasteiger partial charge is 0.355 e. The number of benzene rings is 4. The zero-order chi connectivity index (χ0) is 21.5. The molecule has 0 amide bonds. The van der Waals surface area contributed by atoms with E-state index in [-0.39, 0.29) is 11.6 Å². The van der Waals surface area contributed by atoms with E-state index in [0.717, 1.165) is 28.2 Å². The Morgan fingerprint density at radius 1 is 0.613 bits per heavy atom. The van der Waals surface area contributed by atoms with Crippen molar-refractivity contribution in [2.75, 3.05) is 5.32 Å². The van der Waals surface area contributed by atoms with Gasteiger partial charge in [0.2, 0.25) is 0 Å². The second-order valence-corrected chi connectivity index (χ2v) is 6.90. The number of rotatable bonds is 6. The molecule has 0 unspecified atom stereocenters. The molecule has 0 aliphatic heterocycles. The van der Waals surface area contributed by atoms with Crippen molar-refractivity contribution in [3.8, 4) is 0 Å². The lowest BCUT2D eigenvalue weighted by Crippen LogP contribution is -2.05. The number of nitrogens with one attached hydrogen (secondary N) is 1.